The Kier molecular flexibility index (Phi) is 4.48. The van der Waals surface area contributed by atoms with Crippen molar-refractivity contribution in [3.8, 4) is 11.1 Å². The molecule has 3 aromatic rings. The quantitative estimate of drug-likeness (QED) is 0.792. The van der Waals surface area contributed by atoms with Crippen LogP contribution in [0.1, 0.15) is 21.5 Å². The molecule has 2 aromatic carbocycles. The molecule has 0 saturated carbocycles. The Hall–Kier alpha value is -2.94. The van der Waals surface area contributed by atoms with E-state index in [0.29, 0.717) is 12.1 Å². The maximum atomic E-state index is 12.5. The first-order valence-electron chi connectivity index (χ1n) is 7.57. The van der Waals surface area contributed by atoms with Crippen LogP contribution in [0.15, 0.2) is 73.1 Å². The van der Waals surface area contributed by atoms with Gasteiger partial charge in [-0.1, -0.05) is 60.2 Å². The van der Waals surface area contributed by atoms with Crippen LogP contribution in [-0.2, 0) is 6.54 Å². The van der Waals surface area contributed by atoms with Crippen molar-refractivity contribution in [1.29, 1.82) is 0 Å². The molecule has 0 unspecified atom stereocenters. The number of aryl methyl sites for hydroxylation is 1. The summed E-state index contributed by atoms with van der Waals surface area (Å²) < 4.78 is 0. The molecule has 0 aliphatic heterocycles. The first-order valence-corrected chi connectivity index (χ1v) is 7.57. The van der Waals surface area contributed by atoms with E-state index >= 15 is 0 Å². The van der Waals surface area contributed by atoms with Gasteiger partial charge in [0.2, 0.25) is 0 Å². The number of hydrogen-bond donors (Lipinski definition) is 1. The fourth-order valence-electron chi connectivity index (χ4n) is 2.43. The Morgan fingerprint density at radius 2 is 1.74 bits per heavy atom. The molecule has 0 fully saturated rings. The minimum atomic E-state index is -0.113. The molecule has 114 valence electrons. The van der Waals surface area contributed by atoms with E-state index in [9.17, 15) is 4.79 Å². The van der Waals surface area contributed by atoms with Crippen molar-refractivity contribution < 1.29 is 4.79 Å². The number of benzene rings is 2. The van der Waals surface area contributed by atoms with Crippen LogP contribution in [0.3, 0.4) is 0 Å². The van der Waals surface area contributed by atoms with Crippen LogP contribution in [0.5, 0.6) is 0 Å². The Bertz CT molecular complexity index is 795. The Morgan fingerprint density at radius 1 is 1.00 bits per heavy atom. The fourth-order valence-corrected chi connectivity index (χ4v) is 2.43. The summed E-state index contributed by atoms with van der Waals surface area (Å²) in [7, 11) is 0. The monoisotopic (exact) mass is 302 g/mol. The van der Waals surface area contributed by atoms with Gasteiger partial charge in [-0.15, -0.1) is 0 Å². The smallest absolute Gasteiger partial charge is 0.253 e. The topological polar surface area (TPSA) is 42.0 Å². The molecule has 1 N–H and O–H groups in total. The number of aromatic nitrogens is 1. The van der Waals surface area contributed by atoms with E-state index in [1.807, 2.05) is 67.6 Å². The van der Waals surface area contributed by atoms with Gasteiger partial charge < -0.3 is 5.32 Å². The molecule has 1 aromatic heterocycles. The van der Waals surface area contributed by atoms with E-state index in [1.165, 1.54) is 5.56 Å². The summed E-state index contributed by atoms with van der Waals surface area (Å²) in [6.45, 7) is 2.55. The number of nitrogens with zero attached hydrogens (tertiary/aromatic N) is 1. The second-order valence-electron chi connectivity index (χ2n) is 5.46. The maximum absolute atomic E-state index is 12.5. The molecule has 0 atom stereocenters. The zero-order valence-corrected chi connectivity index (χ0v) is 13.0. The van der Waals surface area contributed by atoms with Crippen LogP contribution in [0.4, 0.5) is 0 Å². The van der Waals surface area contributed by atoms with Crippen molar-refractivity contribution in [1.82, 2.24) is 10.3 Å². The summed E-state index contributed by atoms with van der Waals surface area (Å²) in [4.78, 5) is 16.6. The number of nitrogens with one attached hydrogen (secondary N) is 1. The van der Waals surface area contributed by atoms with Crippen LogP contribution < -0.4 is 5.32 Å². The summed E-state index contributed by atoms with van der Waals surface area (Å²) in [5, 5.41) is 2.96. The van der Waals surface area contributed by atoms with Crippen LogP contribution >= 0.6 is 0 Å². The molecule has 3 heteroatoms. The van der Waals surface area contributed by atoms with Gasteiger partial charge in [0.05, 0.1) is 5.56 Å². The third kappa shape index (κ3) is 3.64. The molecule has 1 amide bonds. The van der Waals surface area contributed by atoms with E-state index in [2.05, 4.69) is 10.3 Å². The minimum Gasteiger partial charge on any atom is -0.348 e. The van der Waals surface area contributed by atoms with Crippen LogP contribution in [0.2, 0.25) is 0 Å². The SMILES string of the molecule is Cc1ccc(-c2ccncc2C(=O)NCc2ccccc2)cc1. The Balaban J connectivity index is 1.82. The second-order valence-corrected chi connectivity index (χ2v) is 5.46. The molecular formula is C20H18N2O. The van der Waals surface area contributed by atoms with Gasteiger partial charge in [0, 0.05) is 18.9 Å². The lowest BCUT2D eigenvalue weighted by atomic mass is 10.0. The van der Waals surface area contributed by atoms with Gasteiger partial charge in [-0.25, -0.2) is 0 Å². The fraction of sp³-hybridized carbons (Fsp3) is 0.100. The van der Waals surface area contributed by atoms with Gasteiger partial charge in [-0.3, -0.25) is 9.78 Å². The number of hydrogen-bond acceptors (Lipinski definition) is 2. The number of amides is 1. The minimum absolute atomic E-state index is 0.113. The average Bonchev–Trinajstić information content (AvgIpc) is 2.61. The molecule has 3 rings (SSSR count). The highest BCUT2D eigenvalue weighted by Gasteiger charge is 2.12. The van der Waals surface area contributed by atoms with E-state index in [4.69, 9.17) is 0 Å². The molecule has 0 bridgehead atoms. The molecule has 0 radical (unpaired) electrons. The van der Waals surface area contributed by atoms with Crippen LogP contribution in [-0.4, -0.2) is 10.9 Å². The van der Waals surface area contributed by atoms with Gasteiger partial charge in [0.1, 0.15) is 0 Å². The number of carbonyl (C=O) groups is 1. The molecule has 3 nitrogen and oxygen atoms in total. The molecule has 23 heavy (non-hydrogen) atoms. The highest BCUT2D eigenvalue weighted by atomic mass is 16.1. The van der Waals surface area contributed by atoms with E-state index in [1.54, 1.807) is 12.4 Å². The van der Waals surface area contributed by atoms with Gasteiger partial charge in [-0.2, -0.15) is 0 Å². The third-order valence-corrected chi connectivity index (χ3v) is 3.72. The van der Waals surface area contributed by atoms with Crippen molar-refractivity contribution in [3.05, 3.63) is 89.7 Å². The summed E-state index contributed by atoms with van der Waals surface area (Å²) in [6.07, 6.45) is 3.33. The lowest BCUT2D eigenvalue weighted by molar-refractivity contribution is 0.0951. The number of pyridine rings is 1. The summed E-state index contributed by atoms with van der Waals surface area (Å²) in [5.74, 6) is -0.113. The lowest BCUT2D eigenvalue weighted by Crippen LogP contribution is -2.23. The average molecular weight is 302 g/mol. The molecule has 0 spiro atoms. The van der Waals surface area contributed by atoms with E-state index < -0.39 is 0 Å². The zero-order valence-electron chi connectivity index (χ0n) is 13.0. The van der Waals surface area contributed by atoms with Gasteiger partial charge in [0.15, 0.2) is 0 Å². The van der Waals surface area contributed by atoms with Crippen molar-refractivity contribution in [2.45, 2.75) is 13.5 Å². The van der Waals surface area contributed by atoms with Gasteiger partial charge in [0.25, 0.3) is 5.91 Å². The molecule has 0 aliphatic rings. The molecule has 0 aliphatic carbocycles. The van der Waals surface area contributed by atoms with Crippen LogP contribution in [0.25, 0.3) is 11.1 Å². The highest BCUT2D eigenvalue weighted by Crippen LogP contribution is 2.23. The molecular weight excluding hydrogens is 284 g/mol. The predicted octanol–water partition coefficient (Wildman–Crippen LogP) is 3.99. The zero-order chi connectivity index (χ0) is 16.1. The third-order valence-electron chi connectivity index (χ3n) is 3.72. The van der Waals surface area contributed by atoms with Crippen LogP contribution in [0, 0.1) is 6.92 Å². The maximum Gasteiger partial charge on any atom is 0.253 e. The first kappa shape index (κ1) is 15.0. The number of rotatable bonds is 4. The van der Waals surface area contributed by atoms with Crippen molar-refractivity contribution >= 4 is 5.91 Å². The normalized spacial score (nSPS) is 10.3. The Morgan fingerprint density at radius 3 is 2.48 bits per heavy atom. The van der Waals surface area contributed by atoms with Crippen molar-refractivity contribution in [3.63, 3.8) is 0 Å². The molecule has 1 heterocycles. The standard InChI is InChI=1S/C20H18N2O/c1-15-7-9-17(10-8-15)18-11-12-21-14-19(18)20(23)22-13-16-5-3-2-4-6-16/h2-12,14H,13H2,1H3,(H,22,23). The number of carbonyl (C=O) groups excluding carboxylic acids is 1. The second kappa shape index (κ2) is 6.88. The van der Waals surface area contributed by atoms with E-state index in [-0.39, 0.29) is 5.91 Å². The van der Waals surface area contributed by atoms with Gasteiger partial charge >= 0.3 is 0 Å². The van der Waals surface area contributed by atoms with Crippen molar-refractivity contribution in [2.24, 2.45) is 0 Å². The lowest BCUT2D eigenvalue weighted by Gasteiger charge is -2.10. The highest BCUT2D eigenvalue weighted by molar-refractivity contribution is 6.00. The van der Waals surface area contributed by atoms with Gasteiger partial charge in [-0.05, 0) is 29.7 Å². The summed E-state index contributed by atoms with van der Waals surface area (Å²) in [6, 6.07) is 19.9. The Labute approximate surface area is 136 Å². The largest absolute Gasteiger partial charge is 0.348 e. The predicted molar refractivity (Wildman–Crippen MR) is 92.0 cm³/mol. The van der Waals surface area contributed by atoms with Crippen molar-refractivity contribution in [2.75, 3.05) is 0 Å². The summed E-state index contributed by atoms with van der Waals surface area (Å²) in [5.41, 5.74) is 4.76. The summed E-state index contributed by atoms with van der Waals surface area (Å²) >= 11 is 0. The van der Waals surface area contributed by atoms with E-state index in [0.717, 1.165) is 16.7 Å². The first-order chi connectivity index (χ1) is 11.2. The molecule has 0 saturated heterocycles.